The van der Waals surface area contributed by atoms with E-state index in [4.69, 9.17) is 9.47 Å². The zero-order valence-electron chi connectivity index (χ0n) is 14.1. The predicted molar refractivity (Wildman–Crippen MR) is 94.4 cm³/mol. The van der Waals surface area contributed by atoms with Crippen molar-refractivity contribution in [2.75, 3.05) is 13.2 Å². The van der Waals surface area contributed by atoms with Crippen molar-refractivity contribution in [2.45, 2.75) is 37.4 Å². The molecule has 0 bridgehead atoms. The molecular formula is C21H22O4. The van der Waals surface area contributed by atoms with E-state index in [1.807, 2.05) is 30.3 Å². The quantitative estimate of drug-likeness (QED) is 0.871. The largest absolute Gasteiger partial charge is 0.481 e. The van der Waals surface area contributed by atoms with Crippen molar-refractivity contribution in [3.63, 3.8) is 0 Å². The minimum absolute atomic E-state index is 0.192. The lowest BCUT2D eigenvalue weighted by atomic mass is 9.92. The lowest BCUT2D eigenvalue weighted by Gasteiger charge is -2.13. The van der Waals surface area contributed by atoms with E-state index < -0.39 is 11.4 Å². The van der Waals surface area contributed by atoms with Crippen LogP contribution in [0.3, 0.4) is 0 Å². The van der Waals surface area contributed by atoms with Crippen molar-refractivity contribution in [2.24, 2.45) is 0 Å². The van der Waals surface area contributed by atoms with Gasteiger partial charge >= 0.3 is 5.97 Å². The number of carbonyl (C=O) groups is 1. The Kier molecular flexibility index (Phi) is 4.32. The van der Waals surface area contributed by atoms with Crippen LogP contribution >= 0.6 is 0 Å². The first-order chi connectivity index (χ1) is 12.2. The van der Waals surface area contributed by atoms with Gasteiger partial charge in [-0.15, -0.1) is 0 Å². The van der Waals surface area contributed by atoms with Gasteiger partial charge in [-0.25, -0.2) is 0 Å². The summed E-state index contributed by atoms with van der Waals surface area (Å²) in [7, 11) is 0. The molecule has 0 radical (unpaired) electrons. The molecule has 1 saturated heterocycles. The van der Waals surface area contributed by atoms with Crippen LogP contribution < -0.4 is 0 Å². The van der Waals surface area contributed by atoms with Crippen molar-refractivity contribution in [3.05, 3.63) is 59.7 Å². The molecule has 25 heavy (non-hydrogen) atoms. The van der Waals surface area contributed by atoms with Gasteiger partial charge in [-0.05, 0) is 47.6 Å². The topological polar surface area (TPSA) is 55.8 Å². The van der Waals surface area contributed by atoms with Crippen LogP contribution in [0.1, 0.15) is 30.4 Å². The number of benzene rings is 2. The zero-order chi connectivity index (χ0) is 17.3. The summed E-state index contributed by atoms with van der Waals surface area (Å²) < 4.78 is 11.2. The standard InChI is InChI=1S/C21H22O4/c22-20(23)21(8-9-21)18-6-2-5-17(12-18)16-4-1-3-15(11-16)13-25-19-7-10-24-14-19/h1-6,11-12,19H,7-10,13-14H2,(H,22,23). The molecule has 4 nitrogen and oxygen atoms in total. The van der Waals surface area contributed by atoms with Crippen LogP contribution in [0.5, 0.6) is 0 Å². The summed E-state index contributed by atoms with van der Waals surface area (Å²) in [4.78, 5) is 11.6. The Morgan fingerprint density at radius 1 is 1.16 bits per heavy atom. The maximum atomic E-state index is 11.6. The molecule has 0 aromatic heterocycles. The SMILES string of the molecule is O=C(O)C1(c2cccc(-c3cccc(COC4CCOC4)c3)c2)CC1. The molecule has 0 spiro atoms. The third-order valence-electron chi connectivity index (χ3n) is 5.21. The van der Waals surface area contributed by atoms with Crippen LogP contribution in [-0.2, 0) is 26.3 Å². The predicted octanol–water partition coefficient (Wildman–Crippen LogP) is 3.78. The third kappa shape index (κ3) is 3.32. The van der Waals surface area contributed by atoms with E-state index in [2.05, 4.69) is 18.2 Å². The summed E-state index contributed by atoms with van der Waals surface area (Å²) in [5, 5.41) is 9.51. The van der Waals surface area contributed by atoms with E-state index in [1.165, 1.54) is 0 Å². The summed E-state index contributed by atoms with van der Waals surface area (Å²) in [6.07, 6.45) is 2.60. The number of carboxylic acid groups (broad SMARTS) is 1. The first-order valence-electron chi connectivity index (χ1n) is 8.80. The normalized spacial score (nSPS) is 21.2. The second-order valence-electron chi connectivity index (χ2n) is 6.97. The van der Waals surface area contributed by atoms with Crippen LogP contribution in [0, 0.1) is 0 Å². The fourth-order valence-corrected chi connectivity index (χ4v) is 3.45. The Morgan fingerprint density at radius 3 is 2.60 bits per heavy atom. The Bertz CT molecular complexity index is 773. The van der Waals surface area contributed by atoms with E-state index in [0.717, 1.165) is 48.1 Å². The summed E-state index contributed by atoms with van der Waals surface area (Å²) in [5.41, 5.74) is 3.50. The molecule has 1 heterocycles. The molecule has 4 heteroatoms. The van der Waals surface area contributed by atoms with Gasteiger partial charge in [-0.2, -0.15) is 0 Å². The highest BCUT2D eigenvalue weighted by molar-refractivity contribution is 5.85. The lowest BCUT2D eigenvalue weighted by Crippen LogP contribution is -2.19. The van der Waals surface area contributed by atoms with Gasteiger partial charge in [-0.1, -0.05) is 42.5 Å². The number of hydrogen-bond acceptors (Lipinski definition) is 3. The Morgan fingerprint density at radius 2 is 1.92 bits per heavy atom. The molecule has 1 saturated carbocycles. The summed E-state index contributed by atoms with van der Waals surface area (Å²) in [6.45, 7) is 2.03. The van der Waals surface area contributed by atoms with Crippen LogP contribution in [0.4, 0.5) is 0 Å². The van der Waals surface area contributed by atoms with Gasteiger partial charge in [0.25, 0.3) is 0 Å². The molecule has 1 N–H and O–H groups in total. The molecule has 1 aliphatic carbocycles. The van der Waals surface area contributed by atoms with E-state index >= 15 is 0 Å². The van der Waals surface area contributed by atoms with Crippen LogP contribution in [0.15, 0.2) is 48.5 Å². The van der Waals surface area contributed by atoms with Crippen molar-refractivity contribution in [1.82, 2.24) is 0 Å². The maximum Gasteiger partial charge on any atom is 0.314 e. The molecule has 0 amide bonds. The minimum Gasteiger partial charge on any atom is -0.481 e. The second-order valence-corrected chi connectivity index (χ2v) is 6.97. The zero-order valence-corrected chi connectivity index (χ0v) is 14.1. The van der Waals surface area contributed by atoms with Crippen molar-refractivity contribution in [1.29, 1.82) is 0 Å². The molecule has 2 aromatic rings. The average molecular weight is 338 g/mol. The van der Waals surface area contributed by atoms with Gasteiger partial charge in [0.15, 0.2) is 0 Å². The van der Waals surface area contributed by atoms with Gasteiger partial charge in [0.05, 0.1) is 24.7 Å². The smallest absolute Gasteiger partial charge is 0.314 e. The van der Waals surface area contributed by atoms with Crippen LogP contribution in [-0.4, -0.2) is 30.4 Å². The molecule has 1 atom stereocenters. The third-order valence-corrected chi connectivity index (χ3v) is 5.21. The van der Waals surface area contributed by atoms with Gasteiger partial charge in [0.2, 0.25) is 0 Å². The fraction of sp³-hybridized carbons (Fsp3) is 0.381. The number of hydrogen-bond donors (Lipinski definition) is 1. The van der Waals surface area contributed by atoms with Crippen LogP contribution in [0.25, 0.3) is 11.1 Å². The molecule has 130 valence electrons. The van der Waals surface area contributed by atoms with E-state index in [-0.39, 0.29) is 6.10 Å². The highest BCUT2D eigenvalue weighted by Crippen LogP contribution is 2.49. The van der Waals surface area contributed by atoms with Gasteiger partial charge in [0.1, 0.15) is 0 Å². The lowest BCUT2D eigenvalue weighted by molar-refractivity contribution is -0.140. The van der Waals surface area contributed by atoms with E-state index in [0.29, 0.717) is 13.2 Å². The monoisotopic (exact) mass is 338 g/mol. The molecule has 2 aliphatic rings. The molecule has 1 unspecified atom stereocenters. The van der Waals surface area contributed by atoms with Gasteiger partial charge in [0, 0.05) is 6.61 Å². The molecule has 2 fully saturated rings. The minimum atomic E-state index is -0.717. The van der Waals surface area contributed by atoms with Crippen molar-refractivity contribution < 1.29 is 19.4 Å². The fourth-order valence-electron chi connectivity index (χ4n) is 3.45. The highest BCUT2D eigenvalue weighted by atomic mass is 16.5. The maximum absolute atomic E-state index is 11.6. The summed E-state index contributed by atoms with van der Waals surface area (Å²) in [5.74, 6) is -0.717. The number of rotatable bonds is 6. The number of aliphatic carboxylic acids is 1. The Hall–Kier alpha value is -2.17. The first kappa shape index (κ1) is 16.3. The van der Waals surface area contributed by atoms with Crippen molar-refractivity contribution >= 4 is 5.97 Å². The van der Waals surface area contributed by atoms with Gasteiger partial charge < -0.3 is 14.6 Å². The van der Waals surface area contributed by atoms with Crippen LogP contribution in [0.2, 0.25) is 0 Å². The van der Waals surface area contributed by atoms with E-state index in [1.54, 1.807) is 0 Å². The summed E-state index contributed by atoms with van der Waals surface area (Å²) in [6, 6.07) is 16.2. The average Bonchev–Trinajstić information content (AvgIpc) is 3.30. The number of ether oxygens (including phenoxy) is 2. The Labute approximate surface area is 147 Å². The van der Waals surface area contributed by atoms with Gasteiger partial charge in [-0.3, -0.25) is 4.79 Å². The number of carboxylic acids is 1. The molecule has 1 aliphatic heterocycles. The first-order valence-corrected chi connectivity index (χ1v) is 8.80. The Balaban J connectivity index is 1.53. The van der Waals surface area contributed by atoms with E-state index in [9.17, 15) is 9.90 Å². The molecule has 2 aromatic carbocycles. The molecule has 4 rings (SSSR count). The second kappa shape index (κ2) is 6.62. The summed E-state index contributed by atoms with van der Waals surface area (Å²) >= 11 is 0. The van der Waals surface area contributed by atoms with Crippen molar-refractivity contribution in [3.8, 4) is 11.1 Å². The molecular weight excluding hydrogens is 316 g/mol. The highest BCUT2D eigenvalue weighted by Gasteiger charge is 2.51.